The van der Waals surface area contributed by atoms with E-state index in [-0.39, 0.29) is 30.4 Å². The van der Waals surface area contributed by atoms with Crippen LogP contribution >= 0.6 is 11.8 Å². The van der Waals surface area contributed by atoms with Gasteiger partial charge in [0.25, 0.3) is 0 Å². The van der Waals surface area contributed by atoms with Crippen LogP contribution in [0.1, 0.15) is 50.2 Å². The Morgan fingerprint density at radius 3 is 2.31 bits per heavy atom. The van der Waals surface area contributed by atoms with Crippen LogP contribution in [0.15, 0.2) is 48.5 Å². The van der Waals surface area contributed by atoms with Gasteiger partial charge >= 0.3 is 12.1 Å². The Kier molecular flexibility index (Phi) is 8.00. The molecule has 2 aromatic carbocycles. The van der Waals surface area contributed by atoms with Crippen LogP contribution in [0.2, 0.25) is 0 Å². The van der Waals surface area contributed by atoms with Crippen molar-refractivity contribution in [3.8, 4) is 11.1 Å². The lowest BCUT2D eigenvalue weighted by Crippen LogP contribution is -2.44. The second-order valence-electron chi connectivity index (χ2n) is 9.36. The van der Waals surface area contributed by atoms with Crippen LogP contribution in [0.3, 0.4) is 0 Å². The maximum Gasteiger partial charge on any atom is 0.407 e. The number of nitrogens with zero attached hydrogens (tertiary/aromatic N) is 1. The number of fused-ring (bicyclic) bond motifs is 3. The van der Waals surface area contributed by atoms with Gasteiger partial charge in [0.05, 0.1) is 5.88 Å². The van der Waals surface area contributed by atoms with E-state index in [1.54, 1.807) is 0 Å². The van der Waals surface area contributed by atoms with E-state index in [0.29, 0.717) is 24.5 Å². The first-order chi connectivity index (χ1) is 16.9. The monoisotopic (exact) mass is 496 g/mol. The Bertz CT molecular complexity index is 1050. The third-order valence-corrected chi connectivity index (χ3v) is 7.87. The Hall–Kier alpha value is -3.00. The molecule has 1 aliphatic heterocycles. The zero-order chi connectivity index (χ0) is 24.9. The zero-order valence-electron chi connectivity index (χ0n) is 20.1. The molecule has 1 saturated heterocycles. The van der Waals surface area contributed by atoms with Gasteiger partial charge in [-0.3, -0.25) is 4.79 Å². The standard InChI is InChI=1S/C27H32N2O5S/c1-17(25(30)29-16-35-15-24(29)26(31)32)8-7-9-18(2)28-27(33)34-14-23-21-12-5-3-10-19(21)20-11-4-6-13-22(20)23/h3-6,10-13,17-18,23-24H,7-9,14-16H2,1-2H3,(H,28,33)(H,31,32). The van der Waals surface area contributed by atoms with Gasteiger partial charge in [-0.05, 0) is 42.0 Å². The number of benzene rings is 2. The first-order valence-corrected chi connectivity index (χ1v) is 13.2. The number of carbonyl (C=O) groups is 3. The number of hydrogen-bond donors (Lipinski definition) is 2. The first-order valence-electron chi connectivity index (χ1n) is 12.1. The topological polar surface area (TPSA) is 95.9 Å². The predicted molar refractivity (Wildman–Crippen MR) is 136 cm³/mol. The molecule has 0 bridgehead atoms. The van der Waals surface area contributed by atoms with Gasteiger partial charge in [-0.25, -0.2) is 9.59 Å². The van der Waals surface area contributed by atoms with Gasteiger partial charge in [0.15, 0.2) is 0 Å². The summed E-state index contributed by atoms with van der Waals surface area (Å²) in [6.07, 6.45) is 1.65. The molecule has 1 fully saturated rings. The van der Waals surface area contributed by atoms with Gasteiger partial charge in [-0.15, -0.1) is 11.8 Å². The van der Waals surface area contributed by atoms with E-state index in [1.807, 2.05) is 38.1 Å². The molecule has 2 aliphatic rings. The number of hydrogen-bond acceptors (Lipinski definition) is 5. The van der Waals surface area contributed by atoms with Crippen LogP contribution in [0.5, 0.6) is 0 Å². The van der Waals surface area contributed by atoms with E-state index in [9.17, 15) is 19.5 Å². The molecule has 2 N–H and O–H groups in total. The number of alkyl carbamates (subject to hydrolysis) is 1. The fraction of sp³-hybridized carbons (Fsp3) is 0.444. The van der Waals surface area contributed by atoms with E-state index in [1.165, 1.54) is 38.9 Å². The van der Waals surface area contributed by atoms with Crippen molar-refractivity contribution in [2.24, 2.45) is 5.92 Å². The van der Waals surface area contributed by atoms with Crippen LogP contribution in [0, 0.1) is 5.92 Å². The summed E-state index contributed by atoms with van der Waals surface area (Å²) in [5.41, 5.74) is 4.73. The summed E-state index contributed by atoms with van der Waals surface area (Å²) in [6, 6.07) is 15.6. The maximum absolute atomic E-state index is 12.7. The number of ether oxygens (including phenoxy) is 1. The second-order valence-corrected chi connectivity index (χ2v) is 10.4. The van der Waals surface area contributed by atoms with Gasteiger partial charge in [0.1, 0.15) is 12.6 Å². The number of nitrogens with one attached hydrogen (secondary N) is 1. The number of aliphatic carboxylic acids is 1. The van der Waals surface area contributed by atoms with Crippen molar-refractivity contribution < 1.29 is 24.2 Å². The first kappa shape index (κ1) is 25.1. The molecule has 35 heavy (non-hydrogen) atoms. The molecule has 4 rings (SSSR count). The Labute approximate surface area is 210 Å². The largest absolute Gasteiger partial charge is 0.480 e. The van der Waals surface area contributed by atoms with Crippen LogP contribution < -0.4 is 5.32 Å². The average Bonchev–Trinajstić information content (AvgIpc) is 3.46. The minimum atomic E-state index is -0.948. The Morgan fingerprint density at radius 2 is 1.69 bits per heavy atom. The molecule has 0 aromatic heterocycles. The molecule has 0 spiro atoms. The van der Waals surface area contributed by atoms with Gasteiger partial charge in [0.2, 0.25) is 5.91 Å². The average molecular weight is 497 g/mol. The minimum Gasteiger partial charge on any atom is -0.480 e. The Morgan fingerprint density at radius 1 is 1.06 bits per heavy atom. The number of amides is 2. The highest BCUT2D eigenvalue weighted by Gasteiger charge is 2.36. The molecule has 0 radical (unpaired) electrons. The van der Waals surface area contributed by atoms with Crippen molar-refractivity contribution >= 4 is 29.7 Å². The van der Waals surface area contributed by atoms with E-state index >= 15 is 0 Å². The summed E-state index contributed by atoms with van der Waals surface area (Å²) in [6.45, 7) is 4.04. The predicted octanol–water partition coefficient (Wildman–Crippen LogP) is 4.71. The van der Waals surface area contributed by atoms with Crippen LogP contribution in [0.4, 0.5) is 4.79 Å². The highest BCUT2D eigenvalue weighted by molar-refractivity contribution is 7.99. The third-order valence-electron chi connectivity index (χ3n) is 6.85. The quantitative estimate of drug-likeness (QED) is 0.522. The highest BCUT2D eigenvalue weighted by Crippen LogP contribution is 2.44. The van der Waals surface area contributed by atoms with Gasteiger partial charge in [0, 0.05) is 23.6 Å². The molecular weight excluding hydrogens is 464 g/mol. The fourth-order valence-electron chi connectivity index (χ4n) is 4.91. The molecule has 3 unspecified atom stereocenters. The third kappa shape index (κ3) is 5.64. The molecule has 1 aliphatic carbocycles. The summed E-state index contributed by atoms with van der Waals surface area (Å²) in [5, 5.41) is 12.2. The highest BCUT2D eigenvalue weighted by atomic mass is 32.2. The smallest absolute Gasteiger partial charge is 0.407 e. The Balaban J connectivity index is 1.21. The normalized spacial score (nSPS) is 18.5. The maximum atomic E-state index is 12.7. The van der Waals surface area contributed by atoms with E-state index < -0.39 is 18.1 Å². The summed E-state index contributed by atoms with van der Waals surface area (Å²) in [5.74, 6) is -0.420. The molecule has 186 valence electrons. The summed E-state index contributed by atoms with van der Waals surface area (Å²) in [7, 11) is 0. The van der Waals surface area contributed by atoms with Crippen molar-refractivity contribution in [2.75, 3.05) is 18.2 Å². The molecule has 1 heterocycles. The van der Waals surface area contributed by atoms with Crippen molar-refractivity contribution in [1.29, 1.82) is 0 Å². The SMILES string of the molecule is CC(CCCC(C)C(=O)N1CSCC1C(=O)O)NC(=O)OCC1c2ccccc2-c2ccccc21. The minimum absolute atomic E-state index is 0.0219. The lowest BCUT2D eigenvalue weighted by molar-refractivity contribution is -0.149. The summed E-state index contributed by atoms with van der Waals surface area (Å²) in [4.78, 5) is 37.9. The number of thioether (sulfide) groups is 1. The van der Waals surface area contributed by atoms with E-state index in [4.69, 9.17) is 4.74 Å². The van der Waals surface area contributed by atoms with Crippen LogP contribution in [0.25, 0.3) is 11.1 Å². The van der Waals surface area contributed by atoms with E-state index in [2.05, 4.69) is 29.6 Å². The molecule has 8 heteroatoms. The molecule has 0 saturated carbocycles. The number of carboxylic acids is 1. The molecule has 7 nitrogen and oxygen atoms in total. The van der Waals surface area contributed by atoms with Crippen molar-refractivity contribution in [2.45, 2.75) is 51.1 Å². The second kappa shape index (κ2) is 11.2. The van der Waals surface area contributed by atoms with E-state index in [0.717, 1.165) is 6.42 Å². The van der Waals surface area contributed by atoms with Gasteiger partial charge in [-0.2, -0.15) is 0 Å². The van der Waals surface area contributed by atoms with Gasteiger partial charge in [-0.1, -0.05) is 61.9 Å². The lowest BCUT2D eigenvalue weighted by Gasteiger charge is -2.24. The lowest BCUT2D eigenvalue weighted by atomic mass is 9.98. The number of carbonyl (C=O) groups excluding carboxylic acids is 2. The molecule has 2 aromatic rings. The molecule has 2 amide bonds. The van der Waals surface area contributed by atoms with Gasteiger partial charge < -0.3 is 20.1 Å². The molecule has 3 atom stereocenters. The molecular formula is C27H32N2O5S. The fourth-order valence-corrected chi connectivity index (χ4v) is 6.07. The van der Waals surface area contributed by atoms with Crippen molar-refractivity contribution in [3.63, 3.8) is 0 Å². The van der Waals surface area contributed by atoms with Crippen molar-refractivity contribution in [1.82, 2.24) is 10.2 Å². The number of carboxylic acid groups (broad SMARTS) is 1. The summed E-state index contributed by atoms with van der Waals surface area (Å²) < 4.78 is 5.61. The van der Waals surface area contributed by atoms with Crippen LogP contribution in [-0.2, 0) is 14.3 Å². The summed E-state index contributed by atoms with van der Waals surface area (Å²) >= 11 is 1.47. The van der Waals surface area contributed by atoms with Crippen molar-refractivity contribution in [3.05, 3.63) is 59.7 Å². The number of rotatable bonds is 9. The zero-order valence-corrected chi connectivity index (χ0v) is 20.9. The van der Waals surface area contributed by atoms with Crippen LogP contribution in [-0.4, -0.2) is 58.3 Å².